The molecular weight excluding hydrogens is 320 g/mol. The van der Waals surface area contributed by atoms with Gasteiger partial charge in [0.25, 0.3) is 0 Å². The predicted octanol–water partition coefficient (Wildman–Crippen LogP) is 6.99. The highest BCUT2D eigenvalue weighted by atomic mass is 32.1. The van der Waals surface area contributed by atoms with Gasteiger partial charge in [-0.2, -0.15) is 0 Å². The van der Waals surface area contributed by atoms with Crippen molar-refractivity contribution in [2.24, 2.45) is 0 Å². The zero-order chi connectivity index (χ0) is 16.6. The lowest BCUT2D eigenvalue weighted by atomic mass is 9.98. The number of hydrogen-bond acceptors (Lipinski definition) is 1. The normalized spacial score (nSPS) is 11.5. The maximum absolute atomic E-state index is 2.39. The van der Waals surface area contributed by atoms with E-state index in [9.17, 15) is 0 Å². The molecule has 25 heavy (non-hydrogen) atoms. The number of hydrogen-bond donors (Lipinski definition) is 0. The molecule has 1 heterocycles. The Morgan fingerprint density at radius 2 is 1.32 bits per heavy atom. The van der Waals surface area contributed by atoms with E-state index < -0.39 is 0 Å². The lowest BCUT2D eigenvalue weighted by Crippen LogP contribution is -1.92. The first kappa shape index (κ1) is 14.7. The van der Waals surface area contributed by atoms with E-state index in [2.05, 4.69) is 84.9 Å². The Hall–Kier alpha value is -2.64. The van der Waals surface area contributed by atoms with Gasteiger partial charge in [0.05, 0.1) is 0 Å². The molecule has 5 aromatic rings. The second kappa shape index (κ2) is 6.02. The minimum Gasteiger partial charge on any atom is -0.135 e. The summed E-state index contributed by atoms with van der Waals surface area (Å²) in [7, 11) is 0. The molecule has 0 aliphatic heterocycles. The predicted molar refractivity (Wildman–Crippen MR) is 111 cm³/mol. The van der Waals surface area contributed by atoms with Crippen LogP contribution in [0.5, 0.6) is 0 Å². The van der Waals surface area contributed by atoms with Crippen molar-refractivity contribution >= 4 is 42.3 Å². The highest BCUT2D eigenvalue weighted by Gasteiger charge is 2.06. The van der Waals surface area contributed by atoms with Gasteiger partial charge < -0.3 is 0 Å². The molecule has 0 spiro atoms. The molecule has 4 aromatic carbocycles. The van der Waals surface area contributed by atoms with Gasteiger partial charge in [-0.15, -0.1) is 11.3 Å². The van der Waals surface area contributed by atoms with E-state index in [4.69, 9.17) is 0 Å². The highest BCUT2D eigenvalue weighted by molar-refractivity contribution is 7.25. The fourth-order valence-electron chi connectivity index (χ4n) is 3.72. The average Bonchev–Trinajstić information content (AvgIpc) is 3.04. The first-order valence-corrected chi connectivity index (χ1v) is 9.57. The smallest absolute Gasteiger partial charge is 0.0355 e. The molecule has 0 saturated carbocycles. The van der Waals surface area contributed by atoms with Crippen LogP contribution in [0.3, 0.4) is 0 Å². The molecular formula is C24H18S. The Balaban J connectivity index is 1.50. The maximum Gasteiger partial charge on any atom is 0.0355 e. The van der Waals surface area contributed by atoms with Crippen LogP contribution in [0.15, 0.2) is 84.9 Å². The van der Waals surface area contributed by atoms with Crippen LogP contribution >= 0.6 is 11.3 Å². The van der Waals surface area contributed by atoms with Gasteiger partial charge in [-0.25, -0.2) is 0 Å². The second-order valence-corrected chi connectivity index (χ2v) is 7.65. The van der Waals surface area contributed by atoms with Gasteiger partial charge in [0, 0.05) is 20.2 Å². The number of fused-ring (bicyclic) bond motifs is 4. The first-order chi connectivity index (χ1) is 12.4. The third-order valence-corrected chi connectivity index (χ3v) is 6.16. The van der Waals surface area contributed by atoms with Crippen molar-refractivity contribution in [2.75, 3.05) is 0 Å². The van der Waals surface area contributed by atoms with Gasteiger partial charge in [0.2, 0.25) is 0 Å². The Kier molecular flexibility index (Phi) is 3.53. The SMILES string of the molecule is c1ccc2c(CCc3ccc4sc5ccccc5c4c3)cccc2c1. The van der Waals surface area contributed by atoms with Crippen LogP contribution in [-0.2, 0) is 12.8 Å². The molecule has 0 N–H and O–H groups in total. The highest BCUT2D eigenvalue weighted by Crippen LogP contribution is 2.34. The van der Waals surface area contributed by atoms with Gasteiger partial charge in [0.1, 0.15) is 0 Å². The fourth-order valence-corrected chi connectivity index (χ4v) is 4.80. The van der Waals surface area contributed by atoms with Crippen molar-refractivity contribution in [2.45, 2.75) is 12.8 Å². The summed E-state index contributed by atoms with van der Waals surface area (Å²) in [5, 5.41) is 5.50. The van der Waals surface area contributed by atoms with Crippen molar-refractivity contribution in [3.63, 3.8) is 0 Å². The van der Waals surface area contributed by atoms with Crippen LogP contribution in [0.1, 0.15) is 11.1 Å². The molecule has 120 valence electrons. The topological polar surface area (TPSA) is 0 Å². The van der Waals surface area contributed by atoms with Crippen LogP contribution in [0.25, 0.3) is 30.9 Å². The van der Waals surface area contributed by atoms with Gasteiger partial charge in [-0.3, -0.25) is 0 Å². The lowest BCUT2D eigenvalue weighted by molar-refractivity contribution is 0.972. The zero-order valence-electron chi connectivity index (χ0n) is 13.9. The van der Waals surface area contributed by atoms with Gasteiger partial charge in [-0.1, -0.05) is 66.7 Å². The monoisotopic (exact) mass is 338 g/mol. The van der Waals surface area contributed by atoms with E-state index in [1.807, 2.05) is 11.3 Å². The summed E-state index contributed by atoms with van der Waals surface area (Å²) in [5.41, 5.74) is 2.86. The second-order valence-electron chi connectivity index (χ2n) is 6.57. The van der Waals surface area contributed by atoms with E-state index in [-0.39, 0.29) is 0 Å². The van der Waals surface area contributed by atoms with E-state index in [1.165, 1.54) is 42.1 Å². The summed E-state index contributed by atoms with van der Waals surface area (Å²) >= 11 is 1.89. The minimum absolute atomic E-state index is 1.08. The molecule has 0 radical (unpaired) electrons. The third kappa shape index (κ3) is 2.61. The molecule has 1 heteroatoms. The molecule has 0 aliphatic carbocycles. The van der Waals surface area contributed by atoms with E-state index in [0.717, 1.165) is 12.8 Å². The molecule has 0 aliphatic rings. The van der Waals surface area contributed by atoms with Crippen molar-refractivity contribution in [3.05, 3.63) is 96.1 Å². The van der Waals surface area contributed by atoms with Gasteiger partial charge in [0.15, 0.2) is 0 Å². The molecule has 0 fully saturated rings. The molecule has 0 atom stereocenters. The standard InChI is InChI=1S/C24H18S/c1-2-9-20-18(6-1)7-5-8-19(20)14-12-17-13-15-24-22(16-17)21-10-3-4-11-23(21)25-24/h1-11,13,15-16H,12,14H2. The average molecular weight is 338 g/mol. The van der Waals surface area contributed by atoms with Crippen molar-refractivity contribution < 1.29 is 0 Å². The number of benzene rings is 4. The quantitative estimate of drug-likeness (QED) is 0.332. The van der Waals surface area contributed by atoms with Crippen molar-refractivity contribution in [1.29, 1.82) is 0 Å². The van der Waals surface area contributed by atoms with E-state index >= 15 is 0 Å². The summed E-state index contributed by atoms with van der Waals surface area (Å²) in [6.45, 7) is 0. The van der Waals surface area contributed by atoms with Gasteiger partial charge >= 0.3 is 0 Å². The Labute approximate surface area is 151 Å². The van der Waals surface area contributed by atoms with E-state index in [1.54, 1.807) is 0 Å². The summed E-state index contributed by atoms with van der Waals surface area (Å²) in [6.07, 6.45) is 2.16. The molecule has 0 unspecified atom stereocenters. The molecule has 0 nitrogen and oxygen atoms in total. The minimum atomic E-state index is 1.08. The van der Waals surface area contributed by atoms with Crippen LogP contribution in [0.2, 0.25) is 0 Å². The van der Waals surface area contributed by atoms with Crippen molar-refractivity contribution in [1.82, 2.24) is 0 Å². The summed E-state index contributed by atoms with van der Waals surface area (Å²) in [6, 6.07) is 31.0. The Bertz CT molecular complexity index is 1190. The van der Waals surface area contributed by atoms with Gasteiger partial charge in [-0.05, 0) is 52.9 Å². The number of thiophene rings is 1. The molecule has 1 aromatic heterocycles. The van der Waals surface area contributed by atoms with Crippen LogP contribution in [0, 0.1) is 0 Å². The van der Waals surface area contributed by atoms with E-state index in [0.29, 0.717) is 0 Å². The fraction of sp³-hybridized carbons (Fsp3) is 0.0833. The summed E-state index contributed by atoms with van der Waals surface area (Å²) in [4.78, 5) is 0. The third-order valence-electron chi connectivity index (χ3n) is 5.00. The number of aryl methyl sites for hydroxylation is 2. The summed E-state index contributed by atoms with van der Waals surface area (Å²) in [5.74, 6) is 0. The first-order valence-electron chi connectivity index (χ1n) is 8.75. The van der Waals surface area contributed by atoms with Crippen LogP contribution in [0.4, 0.5) is 0 Å². The zero-order valence-corrected chi connectivity index (χ0v) is 14.7. The van der Waals surface area contributed by atoms with Crippen molar-refractivity contribution in [3.8, 4) is 0 Å². The lowest BCUT2D eigenvalue weighted by Gasteiger charge is -2.07. The maximum atomic E-state index is 2.39. The number of rotatable bonds is 3. The molecule has 0 amide bonds. The molecule has 0 saturated heterocycles. The molecule has 5 rings (SSSR count). The van der Waals surface area contributed by atoms with Crippen LogP contribution in [-0.4, -0.2) is 0 Å². The summed E-state index contributed by atoms with van der Waals surface area (Å²) < 4.78 is 2.76. The van der Waals surface area contributed by atoms with Crippen LogP contribution < -0.4 is 0 Å². The Morgan fingerprint density at radius 1 is 0.560 bits per heavy atom. The molecule has 0 bridgehead atoms. The Morgan fingerprint density at radius 3 is 2.28 bits per heavy atom. The largest absolute Gasteiger partial charge is 0.135 e.